The van der Waals surface area contributed by atoms with Gasteiger partial charge in [0.25, 0.3) is 0 Å². The van der Waals surface area contributed by atoms with Crippen LogP contribution in [0, 0.1) is 5.82 Å². The Labute approximate surface area is 201 Å². The molecule has 180 valence electrons. The Hall–Kier alpha value is -4.46. The molecule has 0 spiro atoms. The van der Waals surface area contributed by atoms with E-state index >= 15 is 0 Å². The Balaban J connectivity index is 1.61. The number of esters is 3. The molecule has 0 fully saturated rings. The van der Waals surface area contributed by atoms with Crippen LogP contribution in [0.15, 0.2) is 79.4 Å². The monoisotopic (exact) mass is 478 g/mol. The normalized spacial score (nSPS) is 10.3. The van der Waals surface area contributed by atoms with Crippen LogP contribution >= 0.6 is 0 Å². The maximum Gasteiger partial charge on any atom is 0.343 e. The molecule has 0 aliphatic heterocycles. The van der Waals surface area contributed by atoms with Crippen LogP contribution in [-0.4, -0.2) is 31.1 Å². The molecule has 0 saturated heterocycles. The van der Waals surface area contributed by atoms with Crippen LogP contribution in [0.2, 0.25) is 0 Å². The summed E-state index contributed by atoms with van der Waals surface area (Å²) < 4.78 is 34.9. The summed E-state index contributed by atoms with van der Waals surface area (Å²) >= 11 is 0. The first kappa shape index (κ1) is 25.2. The Bertz CT molecular complexity index is 1300. The summed E-state index contributed by atoms with van der Waals surface area (Å²) in [6, 6.07) is 13.8. The Morgan fingerprint density at radius 3 is 2.34 bits per heavy atom. The van der Waals surface area contributed by atoms with Gasteiger partial charge in [-0.1, -0.05) is 25.3 Å². The van der Waals surface area contributed by atoms with E-state index in [1.54, 1.807) is 30.3 Å². The van der Waals surface area contributed by atoms with Crippen molar-refractivity contribution in [2.24, 2.45) is 0 Å². The minimum Gasteiger partial charge on any atom is -0.493 e. The quantitative estimate of drug-likeness (QED) is 0.172. The van der Waals surface area contributed by atoms with E-state index in [1.807, 2.05) is 6.07 Å². The van der Waals surface area contributed by atoms with Gasteiger partial charge in [-0.05, 0) is 54.1 Å². The molecule has 0 amide bonds. The second-order valence-corrected chi connectivity index (χ2v) is 7.45. The van der Waals surface area contributed by atoms with Gasteiger partial charge in [-0.2, -0.15) is 0 Å². The third-order valence-electron chi connectivity index (χ3n) is 4.68. The summed E-state index contributed by atoms with van der Waals surface area (Å²) in [7, 11) is 0. The summed E-state index contributed by atoms with van der Waals surface area (Å²) in [4.78, 5) is 35.1. The zero-order valence-electron chi connectivity index (χ0n) is 19.0. The van der Waals surface area contributed by atoms with Gasteiger partial charge in [0.15, 0.2) is 11.6 Å². The van der Waals surface area contributed by atoms with E-state index in [1.165, 1.54) is 19.1 Å². The molecule has 35 heavy (non-hydrogen) atoms. The highest BCUT2D eigenvalue weighted by atomic mass is 19.1. The topological polar surface area (TPSA) is 88.1 Å². The highest BCUT2D eigenvalue weighted by Crippen LogP contribution is 2.26. The summed E-state index contributed by atoms with van der Waals surface area (Å²) in [5.74, 6) is -2.46. The molecule has 0 aliphatic rings. The molecule has 3 aromatic carbocycles. The first-order valence-electron chi connectivity index (χ1n) is 10.6. The molecular weight excluding hydrogens is 455 g/mol. The Morgan fingerprint density at radius 2 is 1.63 bits per heavy atom. The summed E-state index contributed by atoms with van der Waals surface area (Å²) in [5, 5.41) is 1.62. The summed E-state index contributed by atoms with van der Waals surface area (Å²) in [6.07, 6.45) is 1.63. The molecule has 0 atom stereocenters. The fourth-order valence-electron chi connectivity index (χ4n) is 2.90. The SMILES string of the molecule is C=CC(=O)OCCCOc1ccc2cc(C(=O)Oc3ccc(OC(=O)C(=C)C)c(F)c3)ccc2c1. The lowest BCUT2D eigenvalue weighted by atomic mass is 10.1. The van der Waals surface area contributed by atoms with Crippen LogP contribution in [0.25, 0.3) is 10.8 Å². The highest BCUT2D eigenvalue weighted by Gasteiger charge is 2.14. The first-order valence-corrected chi connectivity index (χ1v) is 10.6. The minimum atomic E-state index is -0.852. The molecular formula is C27H23FO7. The Morgan fingerprint density at radius 1 is 0.914 bits per heavy atom. The lowest BCUT2D eigenvalue weighted by molar-refractivity contribution is -0.138. The van der Waals surface area contributed by atoms with Crippen LogP contribution in [0.4, 0.5) is 4.39 Å². The van der Waals surface area contributed by atoms with Gasteiger partial charge >= 0.3 is 17.9 Å². The molecule has 8 heteroatoms. The van der Waals surface area contributed by atoms with Gasteiger partial charge in [0.2, 0.25) is 0 Å². The van der Waals surface area contributed by atoms with Crippen molar-refractivity contribution < 1.29 is 37.7 Å². The van der Waals surface area contributed by atoms with Crippen molar-refractivity contribution in [3.8, 4) is 17.2 Å². The average Bonchev–Trinajstić information content (AvgIpc) is 2.84. The van der Waals surface area contributed by atoms with Gasteiger partial charge in [0.1, 0.15) is 11.5 Å². The van der Waals surface area contributed by atoms with E-state index in [2.05, 4.69) is 13.2 Å². The lowest BCUT2D eigenvalue weighted by Gasteiger charge is -2.09. The average molecular weight is 478 g/mol. The number of hydrogen-bond acceptors (Lipinski definition) is 7. The van der Waals surface area contributed by atoms with E-state index in [-0.39, 0.29) is 29.2 Å². The van der Waals surface area contributed by atoms with E-state index in [0.717, 1.165) is 22.9 Å². The van der Waals surface area contributed by atoms with Crippen LogP contribution in [0.5, 0.6) is 17.2 Å². The van der Waals surface area contributed by atoms with Gasteiger partial charge in [0.05, 0.1) is 18.8 Å². The van der Waals surface area contributed by atoms with Crippen molar-refractivity contribution in [3.05, 3.63) is 90.8 Å². The van der Waals surface area contributed by atoms with Crippen molar-refractivity contribution >= 4 is 28.7 Å². The fourth-order valence-corrected chi connectivity index (χ4v) is 2.90. The molecule has 0 heterocycles. The van der Waals surface area contributed by atoms with Gasteiger partial charge in [0, 0.05) is 24.1 Å². The lowest BCUT2D eigenvalue weighted by Crippen LogP contribution is -2.11. The van der Waals surface area contributed by atoms with Gasteiger partial charge in [-0.25, -0.2) is 18.8 Å². The highest BCUT2D eigenvalue weighted by molar-refractivity contribution is 5.96. The molecule has 0 aliphatic carbocycles. The van der Waals surface area contributed by atoms with E-state index in [9.17, 15) is 18.8 Å². The molecule has 0 bridgehead atoms. The molecule has 3 aromatic rings. The molecule has 7 nitrogen and oxygen atoms in total. The van der Waals surface area contributed by atoms with Gasteiger partial charge in [-0.3, -0.25) is 0 Å². The molecule has 3 rings (SSSR count). The number of carbonyl (C=O) groups excluding carboxylic acids is 3. The number of rotatable bonds is 10. The predicted molar refractivity (Wildman–Crippen MR) is 127 cm³/mol. The van der Waals surface area contributed by atoms with E-state index in [0.29, 0.717) is 18.8 Å². The van der Waals surface area contributed by atoms with Crippen molar-refractivity contribution in [3.63, 3.8) is 0 Å². The van der Waals surface area contributed by atoms with Crippen LogP contribution in [-0.2, 0) is 14.3 Å². The predicted octanol–water partition coefficient (Wildman–Crippen LogP) is 5.18. The van der Waals surface area contributed by atoms with Gasteiger partial charge < -0.3 is 18.9 Å². The maximum absolute atomic E-state index is 14.2. The van der Waals surface area contributed by atoms with Crippen molar-refractivity contribution in [1.29, 1.82) is 0 Å². The number of carbonyl (C=O) groups is 3. The summed E-state index contributed by atoms with van der Waals surface area (Å²) in [6.45, 7) is 8.80. The molecule has 0 radical (unpaired) electrons. The zero-order chi connectivity index (χ0) is 25.4. The molecule has 0 aromatic heterocycles. The zero-order valence-corrected chi connectivity index (χ0v) is 19.0. The van der Waals surface area contributed by atoms with Crippen molar-refractivity contribution in [2.75, 3.05) is 13.2 Å². The van der Waals surface area contributed by atoms with E-state index in [4.69, 9.17) is 18.9 Å². The molecule has 0 unspecified atom stereocenters. The standard InChI is InChI=1S/C27H23FO7/c1-4-25(29)33-13-5-12-32-21-9-8-18-14-20(7-6-19(18)15-21)27(31)34-22-10-11-24(23(28)16-22)35-26(30)17(2)3/h4,6-11,14-16H,1-2,5,12-13H2,3H3. The van der Waals surface area contributed by atoms with Crippen LogP contribution in [0.1, 0.15) is 23.7 Å². The first-order chi connectivity index (χ1) is 16.8. The third-order valence-corrected chi connectivity index (χ3v) is 4.68. The summed E-state index contributed by atoms with van der Waals surface area (Å²) in [5.41, 5.74) is 0.398. The third kappa shape index (κ3) is 7.01. The number of benzene rings is 3. The van der Waals surface area contributed by atoms with Crippen molar-refractivity contribution in [1.82, 2.24) is 0 Å². The largest absolute Gasteiger partial charge is 0.493 e. The molecule has 0 N–H and O–H groups in total. The smallest absolute Gasteiger partial charge is 0.343 e. The van der Waals surface area contributed by atoms with Crippen LogP contribution < -0.4 is 14.2 Å². The van der Waals surface area contributed by atoms with Crippen LogP contribution in [0.3, 0.4) is 0 Å². The second-order valence-electron chi connectivity index (χ2n) is 7.45. The maximum atomic E-state index is 14.2. The number of fused-ring (bicyclic) bond motifs is 1. The number of ether oxygens (including phenoxy) is 4. The Kier molecular flexibility index (Phi) is 8.34. The van der Waals surface area contributed by atoms with E-state index < -0.39 is 23.7 Å². The second kappa shape index (κ2) is 11.6. The van der Waals surface area contributed by atoms with Crippen molar-refractivity contribution in [2.45, 2.75) is 13.3 Å². The fraction of sp³-hybridized carbons (Fsp3) is 0.148. The molecule has 0 saturated carbocycles. The minimum absolute atomic E-state index is 0.0368. The number of halogens is 1. The number of hydrogen-bond donors (Lipinski definition) is 0. The van der Waals surface area contributed by atoms with Gasteiger partial charge in [-0.15, -0.1) is 0 Å².